The summed E-state index contributed by atoms with van der Waals surface area (Å²) in [6.45, 7) is 16.9. The Hall–Kier alpha value is -0.575. The second-order valence-electron chi connectivity index (χ2n) is 5.36. The van der Waals surface area contributed by atoms with Crippen molar-refractivity contribution in [1.29, 1.82) is 0 Å². The van der Waals surface area contributed by atoms with E-state index in [9.17, 15) is 0 Å². The molecule has 17 heavy (non-hydrogen) atoms. The number of ether oxygens (including phenoxy) is 1. The van der Waals surface area contributed by atoms with Gasteiger partial charge in [-0.1, -0.05) is 6.08 Å². The Kier molecular flexibility index (Phi) is 4.58. The molecule has 0 spiro atoms. The number of rotatable bonds is 6. The van der Waals surface area contributed by atoms with Crippen molar-refractivity contribution in [3.05, 3.63) is 24.7 Å². The van der Waals surface area contributed by atoms with Gasteiger partial charge < -0.3 is 14.0 Å². The van der Waals surface area contributed by atoms with Crippen molar-refractivity contribution in [1.82, 2.24) is 0 Å². The molecule has 3 nitrogen and oxygen atoms in total. The lowest BCUT2D eigenvalue weighted by atomic mass is 9.77. The zero-order chi connectivity index (χ0) is 13.1. The first-order valence-corrected chi connectivity index (χ1v) is 6.02. The summed E-state index contributed by atoms with van der Waals surface area (Å²) in [5, 5.41) is 0. The summed E-state index contributed by atoms with van der Waals surface area (Å²) >= 11 is 0. The van der Waals surface area contributed by atoms with Crippen molar-refractivity contribution in [2.45, 2.75) is 45.3 Å². The van der Waals surface area contributed by atoms with Gasteiger partial charge in [0.2, 0.25) is 0 Å². The van der Waals surface area contributed by atoms with Crippen molar-refractivity contribution in [3.8, 4) is 0 Å². The minimum Gasteiger partial charge on any atom is -0.400 e. The first kappa shape index (κ1) is 14.5. The molecule has 1 rings (SSSR count). The third-order valence-electron chi connectivity index (χ3n) is 3.39. The van der Waals surface area contributed by atoms with Gasteiger partial charge in [0.25, 0.3) is 0 Å². The van der Waals surface area contributed by atoms with Gasteiger partial charge in [-0.25, -0.2) is 0 Å². The van der Waals surface area contributed by atoms with Crippen LogP contribution in [0.1, 0.15) is 34.1 Å². The summed E-state index contributed by atoms with van der Waals surface area (Å²) < 4.78 is 17.1. The highest BCUT2D eigenvalue weighted by molar-refractivity contribution is 6.54. The van der Waals surface area contributed by atoms with Crippen LogP contribution in [0.5, 0.6) is 0 Å². The molecule has 1 aliphatic heterocycles. The van der Waals surface area contributed by atoms with Crippen LogP contribution in [0.4, 0.5) is 0 Å². The summed E-state index contributed by atoms with van der Waals surface area (Å²) in [6, 6.07) is 0. The Morgan fingerprint density at radius 2 is 1.76 bits per heavy atom. The highest BCUT2D eigenvalue weighted by Crippen LogP contribution is 2.38. The van der Waals surface area contributed by atoms with Crippen LogP contribution in [-0.4, -0.2) is 31.5 Å². The molecule has 0 aromatic heterocycles. The van der Waals surface area contributed by atoms with Crippen LogP contribution in [0.2, 0.25) is 0 Å². The lowest BCUT2D eigenvalue weighted by Crippen LogP contribution is -2.41. The number of hydrogen-bond acceptors (Lipinski definition) is 3. The molecule has 0 aromatic rings. The largest absolute Gasteiger partial charge is 0.490 e. The molecule has 0 unspecified atom stereocenters. The zero-order valence-electron chi connectivity index (χ0n) is 11.4. The summed E-state index contributed by atoms with van der Waals surface area (Å²) in [5.41, 5.74) is 0.318. The summed E-state index contributed by atoms with van der Waals surface area (Å²) in [6.07, 6.45) is 2.47. The van der Waals surface area contributed by atoms with Crippen LogP contribution < -0.4 is 0 Å². The van der Waals surface area contributed by atoms with Crippen LogP contribution in [0.3, 0.4) is 0 Å². The van der Waals surface area contributed by atoms with Gasteiger partial charge >= 0.3 is 7.12 Å². The summed E-state index contributed by atoms with van der Waals surface area (Å²) in [5.74, 6) is 0. The standard InChI is InChI=1S/C13H23BO3/c1-7-9-15-10-8-11(2)14-16-12(3,4)13(5,6)17-14/h7H,1-2,8-10H2,3-6H3. The molecular weight excluding hydrogens is 215 g/mol. The van der Waals surface area contributed by atoms with E-state index in [1.807, 2.05) is 27.7 Å². The van der Waals surface area contributed by atoms with E-state index in [1.54, 1.807) is 6.08 Å². The molecule has 1 saturated heterocycles. The monoisotopic (exact) mass is 238 g/mol. The molecule has 4 heteroatoms. The van der Waals surface area contributed by atoms with Crippen molar-refractivity contribution in [3.63, 3.8) is 0 Å². The average molecular weight is 238 g/mol. The second kappa shape index (κ2) is 5.38. The molecule has 0 N–H and O–H groups in total. The van der Waals surface area contributed by atoms with E-state index in [1.165, 1.54) is 0 Å². The Balaban J connectivity index is 2.43. The van der Waals surface area contributed by atoms with Crippen LogP contribution in [0.25, 0.3) is 0 Å². The van der Waals surface area contributed by atoms with Crippen LogP contribution in [-0.2, 0) is 14.0 Å². The third-order valence-corrected chi connectivity index (χ3v) is 3.39. The molecule has 0 atom stereocenters. The van der Waals surface area contributed by atoms with Gasteiger partial charge in [0.15, 0.2) is 0 Å². The third kappa shape index (κ3) is 3.44. The molecule has 0 aliphatic carbocycles. The summed E-state index contributed by atoms with van der Waals surface area (Å²) in [7, 11) is -0.327. The van der Waals surface area contributed by atoms with E-state index in [-0.39, 0.29) is 18.3 Å². The molecule has 0 bridgehead atoms. The fourth-order valence-corrected chi connectivity index (χ4v) is 1.50. The van der Waals surface area contributed by atoms with Gasteiger partial charge in [0.1, 0.15) is 0 Å². The fraction of sp³-hybridized carbons (Fsp3) is 0.692. The maximum atomic E-state index is 5.89. The first-order chi connectivity index (χ1) is 7.80. The Labute approximate surface area is 105 Å². The van der Waals surface area contributed by atoms with Crippen LogP contribution in [0.15, 0.2) is 24.7 Å². The van der Waals surface area contributed by atoms with Gasteiger partial charge in [-0.3, -0.25) is 0 Å². The van der Waals surface area contributed by atoms with Gasteiger partial charge in [-0.2, -0.15) is 0 Å². The fourth-order valence-electron chi connectivity index (χ4n) is 1.50. The molecule has 1 aliphatic rings. The normalized spacial score (nSPS) is 21.5. The summed E-state index contributed by atoms with van der Waals surface area (Å²) in [4.78, 5) is 0. The van der Waals surface area contributed by atoms with Crippen molar-refractivity contribution in [2.24, 2.45) is 0 Å². The van der Waals surface area contributed by atoms with E-state index < -0.39 is 0 Å². The molecular formula is C13H23BO3. The van der Waals surface area contributed by atoms with Gasteiger partial charge in [-0.15, -0.1) is 13.2 Å². The van der Waals surface area contributed by atoms with Crippen molar-refractivity contribution in [2.75, 3.05) is 13.2 Å². The SMILES string of the molecule is C=CCOCCC(=C)B1OC(C)(C)C(C)(C)O1. The molecule has 0 amide bonds. The second-order valence-corrected chi connectivity index (χ2v) is 5.36. The minimum atomic E-state index is -0.327. The van der Waals surface area contributed by atoms with E-state index in [0.717, 1.165) is 11.9 Å². The Morgan fingerprint density at radius 1 is 1.24 bits per heavy atom. The zero-order valence-corrected chi connectivity index (χ0v) is 11.4. The van der Waals surface area contributed by atoms with Gasteiger partial charge in [0.05, 0.1) is 24.4 Å². The molecule has 0 radical (unpaired) electrons. The van der Waals surface area contributed by atoms with Crippen molar-refractivity contribution < 1.29 is 14.0 Å². The van der Waals surface area contributed by atoms with Crippen LogP contribution >= 0.6 is 0 Å². The molecule has 0 saturated carbocycles. The number of hydrogen-bond donors (Lipinski definition) is 0. The molecule has 96 valence electrons. The highest BCUT2D eigenvalue weighted by atomic mass is 16.7. The quantitative estimate of drug-likeness (QED) is 0.404. The smallest absolute Gasteiger partial charge is 0.400 e. The van der Waals surface area contributed by atoms with E-state index in [0.29, 0.717) is 13.2 Å². The predicted molar refractivity (Wildman–Crippen MR) is 70.9 cm³/mol. The molecule has 0 aromatic carbocycles. The lowest BCUT2D eigenvalue weighted by Gasteiger charge is -2.32. The first-order valence-electron chi connectivity index (χ1n) is 6.02. The van der Waals surface area contributed by atoms with Crippen LogP contribution in [0, 0.1) is 0 Å². The highest BCUT2D eigenvalue weighted by Gasteiger charge is 2.51. The van der Waals surface area contributed by atoms with E-state index in [4.69, 9.17) is 14.0 Å². The Bertz CT molecular complexity index is 281. The van der Waals surface area contributed by atoms with E-state index >= 15 is 0 Å². The topological polar surface area (TPSA) is 27.7 Å². The van der Waals surface area contributed by atoms with Gasteiger partial charge in [-0.05, 0) is 39.6 Å². The molecule has 1 fully saturated rings. The minimum absolute atomic E-state index is 0.303. The average Bonchev–Trinajstić information content (AvgIpc) is 2.43. The maximum Gasteiger partial charge on any atom is 0.490 e. The Morgan fingerprint density at radius 3 is 2.24 bits per heavy atom. The lowest BCUT2D eigenvalue weighted by molar-refractivity contribution is 0.00578. The molecule has 1 heterocycles. The van der Waals surface area contributed by atoms with Crippen molar-refractivity contribution >= 4 is 7.12 Å². The van der Waals surface area contributed by atoms with Gasteiger partial charge in [0, 0.05) is 0 Å². The van der Waals surface area contributed by atoms with E-state index in [2.05, 4.69) is 13.2 Å². The predicted octanol–water partition coefficient (Wildman–Crippen LogP) is 2.77. The maximum absolute atomic E-state index is 5.89.